The number of nitrogens with one attached hydrogen (secondary N) is 1. The zero-order chi connectivity index (χ0) is 12.4. The maximum absolute atomic E-state index is 14.3. The highest BCUT2D eigenvalue weighted by atomic mass is 79.9. The van der Waals surface area contributed by atoms with Gasteiger partial charge in [-0.1, -0.05) is 6.07 Å². The molecule has 0 aromatic heterocycles. The zero-order valence-electron chi connectivity index (χ0n) is 10.1. The number of benzene rings is 1. The van der Waals surface area contributed by atoms with E-state index in [0.29, 0.717) is 11.7 Å². The van der Waals surface area contributed by atoms with Crippen molar-refractivity contribution in [2.24, 2.45) is 0 Å². The number of aryl methyl sites for hydroxylation is 1. The topological polar surface area (TPSA) is 21.3 Å². The number of ether oxygens (including phenoxy) is 1. The molecule has 1 N–H and O–H groups in total. The van der Waals surface area contributed by atoms with E-state index in [2.05, 4.69) is 21.2 Å². The minimum absolute atomic E-state index is 0.211. The van der Waals surface area contributed by atoms with Crippen molar-refractivity contribution >= 4 is 15.9 Å². The van der Waals surface area contributed by atoms with Gasteiger partial charge in [0.15, 0.2) is 11.6 Å². The highest BCUT2D eigenvalue weighted by Gasteiger charge is 2.23. The number of methoxy groups -OCH3 is 1. The van der Waals surface area contributed by atoms with Crippen LogP contribution >= 0.6 is 15.9 Å². The van der Waals surface area contributed by atoms with Crippen LogP contribution in [0.3, 0.4) is 0 Å². The van der Waals surface area contributed by atoms with Crippen molar-refractivity contribution < 1.29 is 9.13 Å². The maximum atomic E-state index is 14.3. The highest BCUT2D eigenvalue weighted by molar-refractivity contribution is 9.10. The highest BCUT2D eigenvalue weighted by Crippen LogP contribution is 2.38. The molecular weight excluding hydrogens is 285 g/mol. The van der Waals surface area contributed by atoms with Gasteiger partial charge in [-0.15, -0.1) is 0 Å². The fourth-order valence-electron chi connectivity index (χ4n) is 2.38. The third-order valence-corrected chi connectivity index (χ3v) is 4.34. The molecular formula is C13H17BrFNO. The number of rotatable bonds is 2. The van der Waals surface area contributed by atoms with Crippen LogP contribution in [0.5, 0.6) is 5.75 Å². The van der Waals surface area contributed by atoms with E-state index in [-0.39, 0.29) is 5.82 Å². The molecule has 1 heterocycles. The van der Waals surface area contributed by atoms with Crippen LogP contribution in [0, 0.1) is 12.7 Å². The second-order valence-electron chi connectivity index (χ2n) is 4.47. The molecule has 0 spiro atoms. The van der Waals surface area contributed by atoms with E-state index >= 15 is 0 Å². The monoisotopic (exact) mass is 301 g/mol. The summed E-state index contributed by atoms with van der Waals surface area (Å²) in [7, 11) is 1.51. The Bertz CT molecular complexity index is 416. The van der Waals surface area contributed by atoms with E-state index in [1.165, 1.54) is 7.11 Å². The summed E-state index contributed by atoms with van der Waals surface area (Å²) in [5.41, 5.74) is 1.82. The van der Waals surface area contributed by atoms with E-state index in [4.69, 9.17) is 4.74 Å². The van der Waals surface area contributed by atoms with Crippen LogP contribution in [0.2, 0.25) is 0 Å². The summed E-state index contributed by atoms with van der Waals surface area (Å²) in [5.74, 6) is 0.423. The van der Waals surface area contributed by atoms with Crippen molar-refractivity contribution in [2.75, 3.05) is 20.2 Å². The molecule has 1 aliphatic rings. The van der Waals surface area contributed by atoms with Crippen LogP contribution in [-0.2, 0) is 0 Å². The standard InChI is InChI=1S/C13H17BrFNO/c1-8-7-10(9-3-5-16-6-4-9)12(15)13(17-2)11(8)14/h7,9,16H,3-6H2,1-2H3. The van der Waals surface area contributed by atoms with Gasteiger partial charge in [-0.25, -0.2) is 4.39 Å². The Morgan fingerprint density at radius 3 is 2.65 bits per heavy atom. The second kappa shape index (κ2) is 5.36. The molecule has 0 amide bonds. The van der Waals surface area contributed by atoms with Gasteiger partial charge in [-0.2, -0.15) is 0 Å². The van der Waals surface area contributed by atoms with Crippen LogP contribution in [0.25, 0.3) is 0 Å². The van der Waals surface area contributed by atoms with Gasteiger partial charge in [0.05, 0.1) is 11.6 Å². The lowest BCUT2D eigenvalue weighted by Gasteiger charge is -2.24. The van der Waals surface area contributed by atoms with Gasteiger partial charge in [0.2, 0.25) is 0 Å². The fraction of sp³-hybridized carbons (Fsp3) is 0.538. The average Bonchev–Trinajstić information content (AvgIpc) is 2.36. The Kier molecular flexibility index (Phi) is 4.05. The summed E-state index contributed by atoms with van der Waals surface area (Å²) in [6.45, 7) is 3.89. The Balaban J connectivity index is 2.42. The van der Waals surface area contributed by atoms with E-state index in [9.17, 15) is 4.39 Å². The molecule has 2 nitrogen and oxygen atoms in total. The van der Waals surface area contributed by atoms with Gasteiger partial charge in [-0.05, 0) is 65.8 Å². The van der Waals surface area contributed by atoms with Gasteiger partial charge in [0, 0.05) is 0 Å². The first kappa shape index (κ1) is 12.8. The van der Waals surface area contributed by atoms with E-state index < -0.39 is 0 Å². The molecule has 1 aromatic carbocycles. The molecule has 4 heteroatoms. The van der Waals surface area contributed by atoms with Gasteiger partial charge < -0.3 is 10.1 Å². The summed E-state index contributed by atoms with van der Waals surface area (Å²) >= 11 is 3.37. The van der Waals surface area contributed by atoms with E-state index in [0.717, 1.165) is 41.5 Å². The largest absolute Gasteiger partial charge is 0.492 e. The lowest BCUT2D eigenvalue weighted by atomic mass is 9.89. The van der Waals surface area contributed by atoms with Crippen LogP contribution in [0.4, 0.5) is 4.39 Å². The molecule has 0 atom stereocenters. The van der Waals surface area contributed by atoms with Crippen molar-refractivity contribution in [3.8, 4) is 5.75 Å². The lowest BCUT2D eigenvalue weighted by Crippen LogP contribution is -2.27. The molecule has 1 aliphatic heterocycles. The Hall–Kier alpha value is -0.610. The minimum Gasteiger partial charge on any atom is -0.492 e. The summed E-state index contributed by atoms with van der Waals surface area (Å²) in [4.78, 5) is 0. The van der Waals surface area contributed by atoms with Crippen molar-refractivity contribution in [1.29, 1.82) is 0 Å². The average molecular weight is 302 g/mol. The number of halogens is 2. The summed E-state index contributed by atoms with van der Waals surface area (Å²) in [6.07, 6.45) is 1.97. The third-order valence-electron chi connectivity index (χ3n) is 3.35. The molecule has 17 heavy (non-hydrogen) atoms. The first-order valence-electron chi connectivity index (χ1n) is 5.88. The SMILES string of the molecule is COc1c(F)c(C2CCNCC2)cc(C)c1Br. The molecule has 0 unspecified atom stereocenters. The van der Waals surface area contributed by atoms with Crippen molar-refractivity contribution in [2.45, 2.75) is 25.7 Å². The van der Waals surface area contributed by atoms with Gasteiger partial charge >= 0.3 is 0 Å². The third kappa shape index (κ3) is 2.47. The number of hydrogen-bond donors (Lipinski definition) is 1. The van der Waals surface area contributed by atoms with Crippen LogP contribution in [-0.4, -0.2) is 20.2 Å². The first-order valence-corrected chi connectivity index (χ1v) is 6.67. The number of piperidine rings is 1. The zero-order valence-corrected chi connectivity index (χ0v) is 11.7. The quantitative estimate of drug-likeness (QED) is 0.904. The van der Waals surface area contributed by atoms with Crippen LogP contribution in [0.15, 0.2) is 10.5 Å². The molecule has 1 aromatic rings. The summed E-state index contributed by atoms with van der Waals surface area (Å²) in [6, 6.07) is 1.94. The first-order chi connectivity index (χ1) is 8.15. The van der Waals surface area contributed by atoms with Gasteiger partial charge in [0.25, 0.3) is 0 Å². The number of hydrogen-bond acceptors (Lipinski definition) is 2. The molecule has 2 rings (SSSR count). The Labute approximate surface area is 110 Å². The smallest absolute Gasteiger partial charge is 0.169 e. The van der Waals surface area contributed by atoms with Crippen LogP contribution < -0.4 is 10.1 Å². The molecule has 1 saturated heterocycles. The predicted octanol–water partition coefficient (Wildman–Crippen LogP) is 3.37. The van der Waals surface area contributed by atoms with E-state index in [1.807, 2.05) is 13.0 Å². The predicted molar refractivity (Wildman–Crippen MR) is 70.2 cm³/mol. The maximum Gasteiger partial charge on any atom is 0.169 e. The lowest BCUT2D eigenvalue weighted by molar-refractivity contribution is 0.373. The summed E-state index contributed by atoms with van der Waals surface area (Å²) in [5, 5.41) is 3.30. The van der Waals surface area contributed by atoms with E-state index in [1.54, 1.807) is 0 Å². The molecule has 0 radical (unpaired) electrons. The Morgan fingerprint density at radius 2 is 2.06 bits per heavy atom. The molecule has 0 aliphatic carbocycles. The Morgan fingerprint density at radius 1 is 1.41 bits per heavy atom. The fourth-order valence-corrected chi connectivity index (χ4v) is 2.83. The second-order valence-corrected chi connectivity index (χ2v) is 5.26. The van der Waals surface area contributed by atoms with Gasteiger partial charge in [0.1, 0.15) is 0 Å². The normalized spacial score (nSPS) is 17.2. The minimum atomic E-state index is -0.211. The molecule has 1 fully saturated rings. The summed E-state index contributed by atoms with van der Waals surface area (Å²) < 4.78 is 20.2. The molecule has 0 saturated carbocycles. The van der Waals surface area contributed by atoms with Gasteiger partial charge in [-0.3, -0.25) is 0 Å². The van der Waals surface area contributed by atoms with Crippen molar-refractivity contribution in [3.63, 3.8) is 0 Å². The molecule has 94 valence electrons. The van der Waals surface area contributed by atoms with Crippen molar-refractivity contribution in [1.82, 2.24) is 5.32 Å². The molecule has 0 bridgehead atoms. The van der Waals surface area contributed by atoms with Crippen LogP contribution in [0.1, 0.15) is 29.9 Å². The van der Waals surface area contributed by atoms with Crippen molar-refractivity contribution in [3.05, 3.63) is 27.5 Å².